The number of pyridine rings is 1. The molecule has 1 aromatic carbocycles. The maximum Gasteiger partial charge on any atom is 0.264 e. The van der Waals surface area contributed by atoms with Crippen LogP contribution in [-0.2, 0) is 16.1 Å². The van der Waals surface area contributed by atoms with Crippen molar-refractivity contribution in [3.8, 4) is 0 Å². The van der Waals surface area contributed by atoms with Crippen molar-refractivity contribution in [2.75, 3.05) is 24.2 Å². The minimum Gasteiger partial charge on any atom is -0.384 e. The number of nitrogen functional groups attached to an aromatic ring is 1. The smallest absolute Gasteiger partial charge is 0.264 e. The number of nitrogens with one attached hydrogen (secondary N) is 1. The third-order valence-electron chi connectivity index (χ3n) is 5.19. The van der Waals surface area contributed by atoms with E-state index in [1.807, 2.05) is 37.3 Å². The molecule has 0 fully saturated rings. The molecule has 2 aromatic rings. The second-order valence-corrected chi connectivity index (χ2v) is 7.26. The Morgan fingerprint density at radius 1 is 1.21 bits per heavy atom. The molecule has 3 rings (SSSR count). The Morgan fingerprint density at radius 3 is 2.62 bits per heavy atom. The standard InChI is InChI=1S/C22H27N5O2/c1-15-11-12-27(24-14-17-7-5-4-6-8-17)22(29)18(15)13-21(28)26(3)19-9-10-20(23)25-16(19)2/h4-10,24H,11-14H2,1-3H3,(H2,23,25). The van der Waals surface area contributed by atoms with Gasteiger partial charge < -0.3 is 10.6 Å². The van der Waals surface area contributed by atoms with Crippen LogP contribution in [-0.4, -0.2) is 35.4 Å². The van der Waals surface area contributed by atoms with Gasteiger partial charge in [-0.25, -0.2) is 10.4 Å². The summed E-state index contributed by atoms with van der Waals surface area (Å²) in [6.45, 7) is 4.88. The number of nitrogens with two attached hydrogens (primary N) is 1. The maximum atomic E-state index is 13.0. The zero-order valence-corrected chi connectivity index (χ0v) is 17.1. The van der Waals surface area contributed by atoms with E-state index < -0.39 is 0 Å². The number of nitrogens with zero attached hydrogens (tertiary/aromatic N) is 3. The second kappa shape index (κ2) is 8.87. The van der Waals surface area contributed by atoms with Crippen molar-refractivity contribution >= 4 is 23.3 Å². The van der Waals surface area contributed by atoms with Crippen LogP contribution in [0.1, 0.15) is 31.0 Å². The fraction of sp³-hybridized carbons (Fsp3) is 0.318. The summed E-state index contributed by atoms with van der Waals surface area (Å²) in [4.78, 5) is 31.6. The topological polar surface area (TPSA) is 91.6 Å². The van der Waals surface area contributed by atoms with Crippen molar-refractivity contribution in [1.82, 2.24) is 15.4 Å². The Bertz CT molecular complexity index is 939. The summed E-state index contributed by atoms with van der Waals surface area (Å²) in [5, 5.41) is 1.61. The molecule has 0 aliphatic carbocycles. The minimum atomic E-state index is -0.160. The Hall–Kier alpha value is -3.19. The Morgan fingerprint density at radius 2 is 1.93 bits per heavy atom. The first-order valence-corrected chi connectivity index (χ1v) is 9.64. The van der Waals surface area contributed by atoms with Crippen LogP contribution in [0.4, 0.5) is 11.5 Å². The predicted molar refractivity (Wildman–Crippen MR) is 114 cm³/mol. The lowest BCUT2D eigenvalue weighted by molar-refractivity contribution is -0.132. The van der Waals surface area contributed by atoms with Gasteiger partial charge in [-0.15, -0.1) is 0 Å². The number of carbonyl (C=O) groups is 2. The number of amides is 2. The van der Waals surface area contributed by atoms with Gasteiger partial charge in [-0.3, -0.25) is 14.6 Å². The summed E-state index contributed by atoms with van der Waals surface area (Å²) in [6.07, 6.45) is 0.789. The SMILES string of the molecule is CC1=C(CC(=O)N(C)c2ccc(N)nc2C)C(=O)N(NCc2ccccc2)CC1. The second-order valence-electron chi connectivity index (χ2n) is 7.26. The van der Waals surface area contributed by atoms with Crippen molar-refractivity contribution in [3.63, 3.8) is 0 Å². The highest BCUT2D eigenvalue weighted by Crippen LogP contribution is 2.24. The van der Waals surface area contributed by atoms with Crippen molar-refractivity contribution in [2.24, 2.45) is 0 Å². The monoisotopic (exact) mass is 393 g/mol. The number of hydrogen-bond donors (Lipinski definition) is 2. The van der Waals surface area contributed by atoms with Gasteiger partial charge in [-0.05, 0) is 38.0 Å². The number of hydrogen-bond acceptors (Lipinski definition) is 5. The van der Waals surface area contributed by atoms with Crippen LogP contribution < -0.4 is 16.1 Å². The molecule has 1 aromatic heterocycles. The summed E-state index contributed by atoms with van der Waals surface area (Å²) >= 11 is 0. The first-order valence-electron chi connectivity index (χ1n) is 9.64. The van der Waals surface area contributed by atoms with Crippen molar-refractivity contribution in [1.29, 1.82) is 0 Å². The van der Waals surface area contributed by atoms with Gasteiger partial charge in [0, 0.05) is 25.7 Å². The number of aryl methyl sites for hydroxylation is 1. The molecule has 1 aliphatic rings. The molecule has 2 heterocycles. The zero-order valence-electron chi connectivity index (χ0n) is 17.1. The van der Waals surface area contributed by atoms with Crippen LogP contribution in [0.15, 0.2) is 53.6 Å². The van der Waals surface area contributed by atoms with Crippen LogP contribution in [0.5, 0.6) is 0 Å². The van der Waals surface area contributed by atoms with Crippen molar-refractivity contribution in [3.05, 3.63) is 64.9 Å². The van der Waals surface area contributed by atoms with Gasteiger partial charge in [0.15, 0.2) is 0 Å². The number of carbonyl (C=O) groups excluding carboxylic acids is 2. The van der Waals surface area contributed by atoms with Crippen molar-refractivity contribution in [2.45, 2.75) is 33.2 Å². The lowest BCUT2D eigenvalue weighted by atomic mass is 9.98. The largest absolute Gasteiger partial charge is 0.384 e. The van der Waals surface area contributed by atoms with E-state index in [1.165, 1.54) is 4.90 Å². The van der Waals surface area contributed by atoms with E-state index >= 15 is 0 Å². The first kappa shape index (κ1) is 20.5. The van der Waals surface area contributed by atoms with Gasteiger partial charge in [-0.1, -0.05) is 35.9 Å². The molecule has 7 nitrogen and oxygen atoms in total. The molecule has 0 atom stereocenters. The van der Waals surface area contributed by atoms with Gasteiger partial charge in [0.2, 0.25) is 5.91 Å². The van der Waals surface area contributed by atoms with Crippen molar-refractivity contribution < 1.29 is 9.59 Å². The quantitative estimate of drug-likeness (QED) is 0.787. The molecule has 0 radical (unpaired) electrons. The lowest BCUT2D eigenvalue weighted by Crippen LogP contribution is -2.47. The normalized spacial score (nSPS) is 14.3. The fourth-order valence-electron chi connectivity index (χ4n) is 3.37. The summed E-state index contributed by atoms with van der Waals surface area (Å²) in [6, 6.07) is 13.3. The van der Waals surface area contributed by atoms with E-state index in [2.05, 4.69) is 10.4 Å². The summed E-state index contributed by atoms with van der Waals surface area (Å²) < 4.78 is 0. The average molecular weight is 393 g/mol. The molecular formula is C22H27N5O2. The van der Waals surface area contributed by atoms with Crippen LogP contribution >= 0.6 is 0 Å². The van der Waals surface area contributed by atoms with Gasteiger partial charge in [0.05, 0.1) is 17.8 Å². The number of aromatic nitrogens is 1. The molecule has 152 valence electrons. The molecule has 7 heteroatoms. The highest BCUT2D eigenvalue weighted by Gasteiger charge is 2.28. The van der Waals surface area contributed by atoms with E-state index in [1.54, 1.807) is 31.1 Å². The highest BCUT2D eigenvalue weighted by atomic mass is 16.2. The molecule has 1 aliphatic heterocycles. The van der Waals surface area contributed by atoms with Crippen LogP contribution in [0.3, 0.4) is 0 Å². The number of rotatable bonds is 6. The zero-order chi connectivity index (χ0) is 21.0. The molecule has 0 unspecified atom stereocenters. The molecule has 0 spiro atoms. The van der Waals surface area contributed by atoms with Crippen LogP contribution in [0, 0.1) is 6.92 Å². The summed E-state index contributed by atoms with van der Waals surface area (Å²) in [7, 11) is 1.69. The molecule has 29 heavy (non-hydrogen) atoms. The van der Waals surface area contributed by atoms with E-state index in [-0.39, 0.29) is 18.2 Å². The molecule has 0 saturated carbocycles. The van der Waals surface area contributed by atoms with Gasteiger partial charge in [0.25, 0.3) is 5.91 Å². The molecule has 2 amide bonds. The summed E-state index contributed by atoms with van der Waals surface area (Å²) in [5.74, 6) is 0.110. The highest BCUT2D eigenvalue weighted by molar-refractivity contribution is 6.04. The molecule has 3 N–H and O–H groups in total. The molecule has 0 saturated heterocycles. The minimum absolute atomic E-state index is 0.0501. The summed E-state index contributed by atoms with van der Waals surface area (Å²) in [5.41, 5.74) is 12.8. The number of hydrazine groups is 1. The molecule has 0 bridgehead atoms. The van der Waals surface area contributed by atoms with Crippen LogP contribution in [0.2, 0.25) is 0 Å². The van der Waals surface area contributed by atoms with Crippen LogP contribution in [0.25, 0.3) is 0 Å². The third-order valence-corrected chi connectivity index (χ3v) is 5.19. The van der Waals surface area contributed by atoms with E-state index in [4.69, 9.17) is 5.73 Å². The van der Waals surface area contributed by atoms with Gasteiger partial charge in [-0.2, -0.15) is 0 Å². The average Bonchev–Trinajstić information content (AvgIpc) is 2.70. The fourth-order valence-corrected chi connectivity index (χ4v) is 3.37. The molecular weight excluding hydrogens is 366 g/mol. The third kappa shape index (κ3) is 4.81. The maximum absolute atomic E-state index is 13.0. The Balaban J connectivity index is 1.68. The van der Waals surface area contributed by atoms with E-state index in [0.717, 1.165) is 17.6 Å². The first-order chi connectivity index (χ1) is 13.9. The van der Waals surface area contributed by atoms with Gasteiger partial charge in [0.1, 0.15) is 5.82 Å². The Labute approximate surface area is 171 Å². The predicted octanol–water partition coefficient (Wildman–Crippen LogP) is 2.58. The van der Waals surface area contributed by atoms with E-state index in [0.29, 0.717) is 35.9 Å². The number of benzene rings is 1. The number of anilines is 2. The Kier molecular flexibility index (Phi) is 6.29. The lowest BCUT2D eigenvalue weighted by Gasteiger charge is -2.30. The van der Waals surface area contributed by atoms with E-state index in [9.17, 15) is 9.59 Å². The van der Waals surface area contributed by atoms with Gasteiger partial charge >= 0.3 is 0 Å².